The van der Waals surface area contributed by atoms with Crippen molar-refractivity contribution >= 4 is 17.4 Å². The molecule has 0 unspecified atom stereocenters. The maximum atomic E-state index is 12.0. The molecule has 0 spiro atoms. The SMILES string of the molecule is CCc1nnsc1C(=O)N(C)CC(C)(C)O. The lowest BCUT2D eigenvalue weighted by atomic mass is 10.1. The van der Waals surface area contributed by atoms with Crippen LogP contribution in [0.25, 0.3) is 0 Å². The molecule has 0 bridgehead atoms. The van der Waals surface area contributed by atoms with Crippen LogP contribution in [0.15, 0.2) is 0 Å². The minimum atomic E-state index is -0.894. The predicted octanol–water partition coefficient (Wildman–Crippen LogP) is 0.943. The van der Waals surface area contributed by atoms with Gasteiger partial charge in [-0.1, -0.05) is 11.4 Å². The number of carbonyl (C=O) groups is 1. The Balaban J connectivity index is 2.78. The number of likely N-dealkylation sites (N-methyl/N-ethyl adjacent to an activating group) is 1. The monoisotopic (exact) mass is 243 g/mol. The molecule has 0 fully saturated rings. The van der Waals surface area contributed by atoms with Crippen molar-refractivity contribution in [2.75, 3.05) is 13.6 Å². The number of aryl methyl sites for hydroxylation is 1. The molecular formula is C10H17N3O2S. The second-order valence-electron chi connectivity index (χ2n) is 4.38. The van der Waals surface area contributed by atoms with Crippen molar-refractivity contribution < 1.29 is 9.90 Å². The molecule has 1 aromatic heterocycles. The predicted molar refractivity (Wildman–Crippen MR) is 62.5 cm³/mol. The van der Waals surface area contributed by atoms with E-state index in [-0.39, 0.29) is 12.5 Å². The Hall–Kier alpha value is -1.01. The minimum absolute atomic E-state index is 0.131. The summed E-state index contributed by atoms with van der Waals surface area (Å²) >= 11 is 1.10. The molecule has 5 nitrogen and oxygen atoms in total. The summed E-state index contributed by atoms with van der Waals surface area (Å²) in [6, 6.07) is 0. The standard InChI is InChI=1S/C10H17N3O2S/c1-5-7-8(16-12-11-7)9(14)13(4)6-10(2,3)15/h15H,5-6H2,1-4H3. The van der Waals surface area contributed by atoms with Crippen LogP contribution in [-0.4, -0.2) is 44.7 Å². The van der Waals surface area contributed by atoms with Gasteiger partial charge in [0.1, 0.15) is 4.88 Å². The second kappa shape index (κ2) is 4.88. The van der Waals surface area contributed by atoms with E-state index in [0.29, 0.717) is 11.3 Å². The Labute approximate surface area is 99.3 Å². The van der Waals surface area contributed by atoms with Gasteiger partial charge >= 0.3 is 0 Å². The summed E-state index contributed by atoms with van der Waals surface area (Å²) in [6.07, 6.45) is 0.688. The zero-order chi connectivity index (χ0) is 12.3. The molecule has 0 aliphatic rings. The molecule has 0 aliphatic heterocycles. The number of nitrogens with zero attached hydrogens (tertiary/aromatic N) is 3. The van der Waals surface area contributed by atoms with Crippen LogP contribution in [0.4, 0.5) is 0 Å². The van der Waals surface area contributed by atoms with E-state index in [1.807, 2.05) is 6.92 Å². The van der Waals surface area contributed by atoms with Crippen LogP contribution in [0.1, 0.15) is 36.1 Å². The van der Waals surface area contributed by atoms with E-state index < -0.39 is 5.60 Å². The molecule has 1 aromatic rings. The molecule has 1 heterocycles. The van der Waals surface area contributed by atoms with Gasteiger partial charge in [0.2, 0.25) is 0 Å². The fourth-order valence-corrected chi connectivity index (χ4v) is 2.17. The highest BCUT2D eigenvalue weighted by atomic mass is 32.1. The van der Waals surface area contributed by atoms with Crippen LogP contribution in [0.2, 0.25) is 0 Å². The van der Waals surface area contributed by atoms with Gasteiger partial charge in [0.15, 0.2) is 0 Å². The first kappa shape index (κ1) is 13.1. The van der Waals surface area contributed by atoms with Crippen molar-refractivity contribution in [3.8, 4) is 0 Å². The molecule has 0 aliphatic carbocycles. The van der Waals surface area contributed by atoms with Gasteiger partial charge in [-0.05, 0) is 31.8 Å². The second-order valence-corrected chi connectivity index (χ2v) is 5.13. The van der Waals surface area contributed by atoms with Crippen LogP contribution < -0.4 is 0 Å². The van der Waals surface area contributed by atoms with Crippen molar-refractivity contribution in [3.63, 3.8) is 0 Å². The van der Waals surface area contributed by atoms with E-state index in [1.165, 1.54) is 4.90 Å². The lowest BCUT2D eigenvalue weighted by Gasteiger charge is -2.25. The summed E-state index contributed by atoms with van der Waals surface area (Å²) in [7, 11) is 1.67. The molecule has 0 saturated carbocycles. The lowest BCUT2D eigenvalue weighted by molar-refractivity contribution is 0.0369. The van der Waals surface area contributed by atoms with Crippen molar-refractivity contribution in [2.45, 2.75) is 32.8 Å². The van der Waals surface area contributed by atoms with E-state index in [4.69, 9.17) is 0 Å². The van der Waals surface area contributed by atoms with Crippen molar-refractivity contribution in [1.29, 1.82) is 0 Å². The van der Waals surface area contributed by atoms with E-state index in [0.717, 1.165) is 17.2 Å². The summed E-state index contributed by atoms with van der Waals surface area (Å²) in [4.78, 5) is 14.1. The Kier molecular flexibility index (Phi) is 3.98. The Morgan fingerprint density at radius 1 is 1.56 bits per heavy atom. The third-order valence-corrected chi connectivity index (χ3v) is 2.81. The van der Waals surface area contributed by atoms with Crippen molar-refractivity contribution in [3.05, 3.63) is 10.6 Å². The fraction of sp³-hybridized carbons (Fsp3) is 0.700. The van der Waals surface area contributed by atoms with Crippen LogP contribution in [0.5, 0.6) is 0 Å². The van der Waals surface area contributed by atoms with Crippen LogP contribution in [-0.2, 0) is 6.42 Å². The number of amides is 1. The summed E-state index contributed by atoms with van der Waals surface area (Å²) < 4.78 is 3.77. The first-order valence-electron chi connectivity index (χ1n) is 5.14. The van der Waals surface area contributed by atoms with Gasteiger partial charge in [-0.15, -0.1) is 5.10 Å². The number of hydrogen-bond donors (Lipinski definition) is 1. The highest BCUT2D eigenvalue weighted by molar-refractivity contribution is 7.07. The van der Waals surface area contributed by atoms with Crippen molar-refractivity contribution in [2.24, 2.45) is 0 Å². The van der Waals surface area contributed by atoms with E-state index in [2.05, 4.69) is 9.59 Å². The molecule has 1 rings (SSSR count). The molecular weight excluding hydrogens is 226 g/mol. The Morgan fingerprint density at radius 2 is 2.19 bits per heavy atom. The van der Waals surface area contributed by atoms with Crippen molar-refractivity contribution in [1.82, 2.24) is 14.5 Å². The molecule has 1 amide bonds. The molecule has 16 heavy (non-hydrogen) atoms. The topological polar surface area (TPSA) is 66.3 Å². The van der Waals surface area contributed by atoms with Gasteiger partial charge in [-0.25, -0.2) is 0 Å². The number of aliphatic hydroxyl groups is 1. The number of rotatable bonds is 4. The maximum absolute atomic E-state index is 12.0. The number of carbonyl (C=O) groups excluding carboxylic acids is 1. The molecule has 90 valence electrons. The van der Waals surface area contributed by atoms with E-state index >= 15 is 0 Å². The van der Waals surface area contributed by atoms with E-state index in [1.54, 1.807) is 20.9 Å². The highest BCUT2D eigenvalue weighted by Gasteiger charge is 2.23. The Morgan fingerprint density at radius 3 is 2.69 bits per heavy atom. The molecule has 0 radical (unpaired) electrons. The maximum Gasteiger partial charge on any atom is 0.267 e. The molecule has 1 N–H and O–H groups in total. The lowest BCUT2D eigenvalue weighted by Crippen LogP contribution is -2.39. The van der Waals surface area contributed by atoms with Gasteiger partial charge < -0.3 is 10.0 Å². The molecule has 0 saturated heterocycles. The van der Waals surface area contributed by atoms with Gasteiger partial charge in [0, 0.05) is 13.6 Å². The highest BCUT2D eigenvalue weighted by Crippen LogP contribution is 2.15. The van der Waals surface area contributed by atoms with Gasteiger partial charge in [0.05, 0.1) is 11.3 Å². The van der Waals surface area contributed by atoms with Gasteiger partial charge in [-0.2, -0.15) is 0 Å². The quantitative estimate of drug-likeness (QED) is 0.854. The normalized spacial score (nSPS) is 11.6. The summed E-state index contributed by atoms with van der Waals surface area (Å²) in [6.45, 7) is 5.56. The van der Waals surface area contributed by atoms with E-state index in [9.17, 15) is 9.90 Å². The van der Waals surface area contributed by atoms with Gasteiger partial charge in [0.25, 0.3) is 5.91 Å². The largest absolute Gasteiger partial charge is 0.389 e. The smallest absolute Gasteiger partial charge is 0.267 e. The molecule has 0 aromatic carbocycles. The average Bonchev–Trinajstić information content (AvgIpc) is 2.61. The summed E-state index contributed by atoms with van der Waals surface area (Å²) in [5, 5.41) is 13.5. The zero-order valence-corrected chi connectivity index (χ0v) is 10.8. The first-order chi connectivity index (χ1) is 7.35. The minimum Gasteiger partial charge on any atom is -0.389 e. The Bertz CT molecular complexity index is 370. The van der Waals surface area contributed by atoms with Crippen LogP contribution >= 0.6 is 11.5 Å². The van der Waals surface area contributed by atoms with Gasteiger partial charge in [-0.3, -0.25) is 4.79 Å². The third kappa shape index (κ3) is 3.24. The average molecular weight is 243 g/mol. The number of aromatic nitrogens is 2. The molecule has 0 atom stereocenters. The summed E-state index contributed by atoms with van der Waals surface area (Å²) in [5.41, 5.74) is -0.174. The zero-order valence-electron chi connectivity index (χ0n) is 10.0. The van der Waals surface area contributed by atoms with Crippen LogP contribution in [0, 0.1) is 0 Å². The first-order valence-corrected chi connectivity index (χ1v) is 5.91. The summed E-state index contributed by atoms with van der Waals surface area (Å²) in [5.74, 6) is -0.131. The fourth-order valence-electron chi connectivity index (χ4n) is 1.43. The number of hydrogen-bond acceptors (Lipinski definition) is 5. The van der Waals surface area contributed by atoms with Crippen LogP contribution in [0.3, 0.4) is 0 Å². The third-order valence-electron chi connectivity index (χ3n) is 2.06. The molecule has 6 heteroatoms.